The van der Waals surface area contributed by atoms with Gasteiger partial charge in [-0.1, -0.05) is 82.4 Å². The van der Waals surface area contributed by atoms with Crippen LogP contribution in [-0.4, -0.2) is 39.3 Å². The quantitative estimate of drug-likeness (QED) is 0.0400. The molecule has 6 nitrogen and oxygen atoms in total. The third-order valence-electron chi connectivity index (χ3n) is 17.8. The van der Waals surface area contributed by atoms with Crippen LogP contribution in [0.25, 0.3) is 28.0 Å². The number of esters is 1. The monoisotopic (exact) mass is 1090 g/mol. The van der Waals surface area contributed by atoms with Crippen LogP contribution >= 0.6 is 0 Å². The van der Waals surface area contributed by atoms with Crippen molar-refractivity contribution in [2.75, 3.05) is 43.1 Å². The second-order valence-electron chi connectivity index (χ2n) is 22.8. The summed E-state index contributed by atoms with van der Waals surface area (Å²) in [6.07, 6.45) is 7.63. The van der Waals surface area contributed by atoms with Crippen molar-refractivity contribution in [2.45, 2.75) is 108 Å². The first-order valence-electron chi connectivity index (χ1n) is 27.7. The third kappa shape index (κ3) is 10.1. The van der Waals surface area contributed by atoms with Crippen LogP contribution in [0.15, 0.2) is 116 Å². The minimum Gasteiger partial charge on any atom is -0.495 e. The number of methoxy groups -OCH3 is 1. The van der Waals surface area contributed by atoms with Crippen LogP contribution < -0.4 is 24.0 Å². The number of unbranched alkanes of at least 4 members (excludes halogenated alkanes) is 1. The maximum atomic E-state index is 15.3. The molecule has 0 radical (unpaired) electrons. The second-order valence-corrected chi connectivity index (χ2v) is 22.8. The lowest BCUT2D eigenvalue weighted by Gasteiger charge is -2.39. The van der Waals surface area contributed by atoms with Gasteiger partial charge in [-0.05, 0) is 163 Å². The summed E-state index contributed by atoms with van der Waals surface area (Å²) >= 11 is 0. The summed E-state index contributed by atoms with van der Waals surface area (Å²) in [7, 11) is 1.49. The molecule has 3 aliphatic carbocycles. The number of nitrogens with zero attached hydrogens (tertiary/aromatic N) is 2. The van der Waals surface area contributed by atoms with E-state index in [0.29, 0.717) is 88.2 Å². The maximum Gasteiger partial charge on any atom is 0.416 e. The number of halogens is 8. The van der Waals surface area contributed by atoms with E-state index in [4.69, 9.17) is 14.2 Å². The molecule has 0 bridgehead atoms. The van der Waals surface area contributed by atoms with Crippen LogP contribution in [0.4, 0.5) is 46.5 Å². The number of alkyl halides is 6. The van der Waals surface area contributed by atoms with Crippen molar-refractivity contribution in [2.24, 2.45) is 23.7 Å². The van der Waals surface area contributed by atoms with Crippen LogP contribution in [0, 0.1) is 35.3 Å². The van der Waals surface area contributed by atoms with Crippen molar-refractivity contribution in [3.63, 3.8) is 0 Å². The zero-order chi connectivity index (χ0) is 55.6. The molecule has 0 amide bonds. The van der Waals surface area contributed by atoms with Crippen LogP contribution in [0.2, 0.25) is 0 Å². The molecule has 6 aromatic carbocycles. The molecule has 2 saturated carbocycles. The van der Waals surface area contributed by atoms with E-state index in [9.17, 15) is 26.7 Å². The molecule has 79 heavy (non-hydrogen) atoms. The first kappa shape index (κ1) is 54.1. The van der Waals surface area contributed by atoms with Gasteiger partial charge in [-0.3, -0.25) is 4.79 Å². The fraction of sp³-hybridized carbons (Fsp3) is 0.400. The Morgan fingerprint density at radius 1 is 0.747 bits per heavy atom. The molecule has 2 atom stereocenters. The summed E-state index contributed by atoms with van der Waals surface area (Å²) in [4.78, 5) is 17.9. The van der Waals surface area contributed by atoms with Gasteiger partial charge >= 0.3 is 18.3 Å². The number of ether oxygens (including phenoxy) is 3. The highest BCUT2D eigenvalue weighted by atomic mass is 19.4. The minimum atomic E-state index is -5.16. The van der Waals surface area contributed by atoms with Gasteiger partial charge in [-0.2, -0.15) is 26.3 Å². The highest BCUT2D eigenvalue weighted by Crippen LogP contribution is 2.62. The molecule has 2 unspecified atom stereocenters. The first-order valence-corrected chi connectivity index (χ1v) is 27.7. The lowest BCUT2D eigenvalue weighted by Crippen LogP contribution is -2.46. The number of hydrogen-bond donors (Lipinski definition) is 0. The van der Waals surface area contributed by atoms with E-state index in [1.165, 1.54) is 101 Å². The number of rotatable bonds is 12. The molecule has 0 aromatic heterocycles. The highest BCUT2D eigenvalue weighted by molar-refractivity contribution is 6.10. The molecule has 0 spiro atoms. The Kier molecular flexibility index (Phi) is 14.4. The Labute approximate surface area is 456 Å². The third-order valence-corrected chi connectivity index (χ3v) is 17.8. The average Bonchev–Trinajstić information content (AvgIpc) is 2.73. The van der Waals surface area contributed by atoms with E-state index in [1.807, 2.05) is 30.3 Å². The Bertz CT molecular complexity index is 3250. The van der Waals surface area contributed by atoms with E-state index in [-0.39, 0.29) is 40.4 Å². The molecule has 14 heteroatoms. The summed E-state index contributed by atoms with van der Waals surface area (Å²) < 4.78 is 138. The molecule has 11 rings (SSSR count). The van der Waals surface area contributed by atoms with Gasteiger partial charge in [0, 0.05) is 59.4 Å². The minimum absolute atomic E-state index is 0.118. The zero-order valence-corrected chi connectivity index (χ0v) is 44.6. The molecule has 2 heterocycles. The molecular formula is C65H64F8N2O4. The van der Waals surface area contributed by atoms with Crippen molar-refractivity contribution in [3.8, 4) is 28.4 Å². The van der Waals surface area contributed by atoms with Gasteiger partial charge in [0.1, 0.15) is 28.9 Å². The Balaban J connectivity index is 0.901. The SMILES string of the molecule is C=CCCCC1CCC(C2CCCC(C(=O)Oc3ccc(N4CCN(c5cc6c7c(c8c(c6cc5OC)OC(c5ccc(F)cc5)(c5ccc(F)cc5)C=C8)C(C)(C)c5c-7cc(C(F)(F)F)cc5C(F)(F)F)CC4)cc3)C2)CC1. The number of carbonyl (C=O) groups excluding carboxylic acids is 1. The molecule has 6 aromatic rings. The van der Waals surface area contributed by atoms with E-state index in [2.05, 4.69) is 16.4 Å². The van der Waals surface area contributed by atoms with Crippen LogP contribution in [-0.2, 0) is 28.2 Å². The maximum absolute atomic E-state index is 15.3. The van der Waals surface area contributed by atoms with Crippen LogP contribution in [0.3, 0.4) is 0 Å². The van der Waals surface area contributed by atoms with Crippen molar-refractivity contribution in [1.29, 1.82) is 0 Å². The number of anilines is 2. The van der Waals surface area contributed by atoms with E-state index < -0.39 is 46.1 Å². The lowest BCUT2D eigenvalue weighted by molar-refractivity contribution is -0.144. The standard InChI is InChI=1S/C65H64F8N2O4/c1-5-6-7-9-39-12-14-40(15-13-39)41-10-8-11-42(34-41)61(76)78-49-26-24-48(25-27-49)74-30-32-75(33-31-74)55-37-51-52(38-56(55)77-4)60-50(28-29-63(79-60,43-16-20-46(66)21-17-43)44-18-22-47(67)23-19-44)59-57(51)53-35-45(64(68,69)70)36-54(65(71,72)73)58(53)62(59,2)3/h5,16-29,35-42H,1,6-15,30-34H2,2-4H3. The Morgan fingerprint density at radius 2 is 1.39 bits per heavy atom. The summed E-state index contributed by atoms with van der Waals surface area (Å²) in [5, 5.41) is 0.678. The largest absolute Gasteiger partial charge is 0.495 e. The summed E-state index contributed by atoms with van der Waals surface area (Å²) in [6, 6.07) is 23.2. The summed E-state index contributed by atoms with van der Waals surface area (Å²) in [6.45, 7) is 9.01. The topological polar surface area (TPSA) is 51.2 Å². The number of hydrogen-bond acceptors (Lipinski definition) is 6. The highest BCUT2D eigenvalue weighted by Gasteiger charge is 2.50. The zero-order valence-electron chi connectivity index (χ0n) is 44.6. The molecule has 5 aliphatic rings. The van der Waals surface area contributed by atoms with Crippen LogP contribution in [0.1, 0.15) is 123 Å². The number of piperazine rings is 1. The molecule has 0 N–H and O–H groups in total. The number of benzene rings is 6. The second kappa shape index (κ2) is 21.0. The summed E-state index contributed by atoms with van der Waals surface area (Å²) in [5.41, 5.74) is -3.10. The molecule has 414 valence electrons. The van der Waals surface area contributed by atoms with Crippen molar-refractivity contribution >= 4 is 34.2 Å². The van der Waals surface area contributed by atoms with Crippen LogP contribution in [0.5, 0.6) is 17.2 Å². The number of carbonyl (C=O) groups is 1. The molecule has 1 saturated heterocycles. The Hall–Kier alpha value is -6.83. The van der Waals surface area contributed by atoms with Gasteiger partial charge in [-0.25, -0.2) is 8.78 Å². The normalized spacial score (nSPS) is 21.5. The number of fused-ring (bicyclic) bond motifs is 8. The molecule has 3 fully saturated rings. The average molecular weight is 1090 g/mol. The van der Waals surface area contributed by atoms with Crippen molar-refractivity contribution in [3.05, 3.63) is 166 Å². The smallest absolute Gasteiger partial charge is 0.416 e. The van der Waals surface area contributed by atoms with Gasteiger partial charge in [0.05, 0.1) is 29.8 Å². The van der Waals surface area contributed by atoms with E-state index in [0.717, 1.165) is 43.4 Å². The lowest BCUT2D eigenvalue weighted by atomic mass is 9.68. The van der Waals surface area contributed by atoms with Gasteiger partial charge in [-0.15, -0.1) is 6.58 Å². The van der Waals surface area contributed by atoms with Gasteiger partial charge in [0.15, 0.2) is 5.60 Å². The van der Waals surface area contributed by atoms with Gasteiger partial charge < -0.3 is 24.0 Å². The van der Waals surface area contributed by atoms with Crippen molar-refractivity contribution < 1.29 is 54.1 Å². The molecular weight excluding hydrogens is 1020 g/mol. The Morgan fingerprint density at radius 3 is 2.00 bits per heavy atom. The van der Waals surface area contributed by atoms with Gasteiger partial charge in [0.2, 0.25) is 0 Å². The fourth-order valence-electron chi connectivity index (χ4n) is 13.9. The number of allylic oxidation sites excluding steroid dienone is 1. The van der Waals surface area contributed by atoms with Crippen molar-refractivity contribution in [1.82, 2.24) is 0 Å². The predicted molar refractivity (Wildman–Crippen MR) is 293 cm³/mol. The fourth-order valence-corrected chi connectivity index (χ4v) is 13.9. The van der Waals surface area contributed by atoms with E-state index in [1.54, 1.807) is 38.1 Å². The summed E-state index contributed by atoms with van der Waals surface area (Å²) in [5.74, 6) is 1.78. The van der Waals surface area contributed by atoms with Gasteiger partial charge in [0.25, 0.3) is 0 Å². The first-order chi connectivity index (χ1) is 37.8. The predicted octanol–water partition coefficient (Wildman–Crippen LogP) is 17.0. The van der Waals surface area contributed by atoms with E-state index >= 15 is 13.2 Å². The molecule has 2 aliphatic heterocycles.